The lowest BCUT2D eigenvalue weighted by Crippen LogP contribution is -1.88. The molecule has 2 heteroatoms. The number of aromatic hydroxyl groups is 1. The van der Waals surface area contributed by atoms with Crippen LogP contribution in [0.1, 0.15) is 11.1 Å². The molecule has 0 bridgehead atoms. The van der Waals surface area contributed by atoms with Gasteiger partial charge in [0.05, 0.1) is 0 Å². The van der Waals surface area contributed by atoms with Gasteiger partial charge in [0.25, 0.3) is 0 Å². The Kier molecular flexibility index (Phi) is 3.68. The van der Waals surface area contributed by atoms with Crippen molar-refractivity contribution < 1.29 is 9.84 Å². The van der Waals surface area contributed by atoms with Crippen LogP contribution in [0.25, 0.3) is 0 Å². The lowest BCUT2D eigenvalue weighted by Gasteiger charge is -2.08. The van der Waals surface area contributed by atoms with Crippen molar-refractivity contribution in [1.82, 2.24) is 0 Å². The van der Waals surface area contributed by atoms with Crippen LogP contribution in [-0.2, 0) is 6.42 Å². The van der Waals surface area contributed by atoms with Gasteiger partial charge >= 0.3 is 0 Å². The Hall–Kier alpha value is -2.22. The first-order valence-corrected chi connectivity index (χ1v) is 5.86. The van der Waals surface area contributed by atoms with Gasteiger partial charge in [0.2, 0.25) is 0 Å². The summed E-state index contributed by atoms with van der Waals surface area (Å²) in [5.41, 5.74) is 2.01. The number of hydrogen-bond acceptors (Lipinski definition) is 2. The van der Waals surface area contributed by atoms with Gasteiger partial charge in [-0.1, -0.05) is 23.8 Å². The van der Waals surface area contributed by atoms with Crippen LogP contribution in [0.15, 0.2) is 55.1 Å². The highest BCUT2D eigenvalue weighted by molar-refractivity contribution is 5.42. The molecule has 0 aliphatic heterocycles. The van der Waals surface area contributed by atoms with E-state index in [1.54, 1.807) is 18.2 Å². The van der Waals surface area contributed by atoms with Gasteiger partial charge < -0.3 is 9.84 Å². The Morgan fingerprint density at radius 3 is 2.44 bits per heavy atom. The zero-order valence-electron chi connectivity index (χ0n) is 10.4. The quantitative estimate of drug-likeness (QED) is 0.811. The minimum Gasteiger partial charge on any atom is -0.508 e. The minimum atomic E-state index is 0.270. The molecule has 0 aromatic heterocycles. The number of hydrogen-bond donors (Lipinski definition) is 1. The molecule has 0 aliphatic carbocycles. The second-order valence-corrected chi connectivity index (χ2v) is 4.20. The molecule has 0 saturated heterocycles. The summed E-state index contributed by atoms with van der Waals surface area (Å²) >= 11 is 0. The summed E-state index contributed by atoms with van der Waals surface area (Å²) in [4.78, 5) is 0. The Balaban J connectivity index is 2.21. The van der Waals surface area contributed by atoms with E-state index in [1.165, 1.54) is 5.56 Å². The number of phenolic OH excluding ortho intramolecular Hbond substituents is 1. The topological polar surface area (TPSA) is 29.5 Å². The maximum atomic E-state index is 9.67. The highest BCUT2D eigenvalue weighted by Gasteiger charge is 2.03. The molecule has 0 unspecified atom stereocenters. The number of allylic oxidation sites excluding steroid dienone is 1. The molecule has 92 valence electrons. The standard InChI is InChI=1S/C16H16O2/c1-3-4-13-11-15(9-10-16(13)17)18-14-7-5-12(2)6-8-14/h3,5-11,17H,1,4H2,2H3. The number of rotatable bonds is 4. The highest BCUT2D eigenvalue weighted by atomic mass is 16.5. The molecule has 2 rings (SSSR count). The molecular formula is C16H16O2. The van der Waals surface area contributed by atoms with Crippen LogP contribution in [0.2, 0.25) is 0 Å². The third-order valence-electron chi connectivity index (χ3n) is 2.67. The Morgan fingerprint density at radius 2 is 1.78 bits per heavy atom. The van der Waals surface area contributed by atoms with Crippen LogP contribution in [0.3, 0.4) is 0 Å². The first-order chi connectivity index (χ1) is 8.69. The average molecular weight is 240 g/mol. The van der Waals surface area contributed by atoms with Crippen molar-refractivity contribution in [2.45, 2.75) is 13.3 Å². The van der Waals surface area contributed by atoms with Gasteiger partial charge in [0.1, 0.15) is 17.2 Å². The first-order valence-electron chi connectivity index (χ1n) is 5.86. The Bertz CT molecular complexity index is 542. The van der Waals surface area contributed by atoms with Crippen LogP contribution in [0.4, 0.5) is 0 Å². The largest absolute Gasteiger partial charge is 0.508 e. The normalized spacial score (nSPS) is 10.1. The van der Waals surface area contributed by atoms with Crippen molar-refractivity contribution in [1.29, 1.82) is 0 Å². The minimum absolute atomic E-state index is 0.270. The summed E-state index contributed by atoms with van der Waals surface area (Å²) in [6.07, 6.45) is 2.38. The van der Waals surface area contributed by atoms with Crippen molar-refractivity contribution >= 4 is 0 Å². The second-order valence-electron chi connectivity index (χ2n) is 4.20. The molecular weight excluding hydrogens is 224 g/mol. The van der Waals surface area contributed by atoms with Crippen molar-refractivity contribution in [3.05, 3.63) is 66.2 Å². The monoisotopic (exact) mass is 240 g/mol. The van der Waals surface area contributed by atoms with E-state index in [1.807, 2.05) is 37.3 Å². The van der Waals surface area contributed by atoms with Gasteiger partial charge in [-0.25, -0.2) is 0 Å². The lowest BCUT2D eigenvalue weighted by atomic mass is 10.1. The van der Waals surface area contributed by atoms with Crippen molar-refractivity contribution in [3.8, 4) is 17.2 Å². The maximum Gasteiger partial charge on any atom is 0.127 e. The first kappa shape index (κ1) is 12.2. The van der Waals surface area contributed by atoms with Gasteiger partial charge in [-0.15, -0.1) is 6.58 Å². The fraction of sp³-hybridized carbons (Fsp3) is 0.125. The summed E-state index contributed by atoms with van der Waals surface area (Å²) in [5, 5.41) is 9.67. The predicted octanol–water partition coefficient (Wildman–Crippen LogP) is 4.22. The molecule has 0 atom stereocenters. The van der Waals surface area contributed by atoms with Crippen LogP contribution < -0.4 is 4.74 Å². The van der Waals surface area contributed by atoms with Gasteiger partial charge in [0, 0.05) is 5.56 Å². The Labute approximate surface area is 107 Å². The van der Waals surface area contributed by atoms with E-state index >= 15 is 0 Å². The van der Waals surface area contributed by atoms with Crippen molar-refractivity contribution in [2.75, 3.05) is 0 Å². The van der Waals surface area contributed by atoms with Gasteiger partial charge in [-0.3, -0.25) is 0 Å². The number of aryl methyl sites for hydroxylation is 1. The third kappa shape index (κ3) is 2.92. The average Bonchev–Trinajstić information content (AvgIpc) is 2.37. The lowest BCUT2D eigenvalue weighted by molar-refractivity contribution is 0.459. The highest BCUT2D eigenvalue weighted by Crippen LogP contribution is 2.27. The van der Waals surface area contributed by atoms with E-state index in [9.17, 15) is 5.11 Å². The fourth-order valence-electron chi connectivity index (χ4n) is 1.69. The summed E-state index contributed by atoms with van der Waals surface area (Å²) in [5.74, 6) is 1.77. The zero-order valence-corrected chi connectivity index (χ0v) is 10.4. The van der Waals surface area contributed by atoms with E-state index < -0.39 is 0 Å². The van der Waals surface area contributed by atoms with Crippen LogP contribution in [0, 0.1) is 6.92 Å². The van der Waals surface area contributed by atoms with E-state index in [2.05, 4.69) is 6.58 Å². The van der Waals surface area contributed by atoms with E-state index in [0.717, 1.165) is 11.3 Å². The van der Waals surface area contributed by atoms with Crippen LogP contribution >= 0.6 is 0 Å². The molecule has 2 aromatic carbocycles. The van der Waals surface area contributed by atoms with Crippen molar-refractivity contribution in [3.63, 3.8) is 0 Å². The molecule has 0 heterocycles. The molecule has 0 amide bonds. The predicted molar refractivity (Wildman–Crippen MR) is 73.3 cm³/mol. The number of benzene rings is 2. The maximum absolute atomic E-state index is 9.67. The molecule has 0 radical (unpaired) electrons. The number of ether oxygens (including phenoxy) is 1. The van der Waals surface area contributed by atoms with Gasteiger partial charge in [0.15, 0.2) is 0 Å². The SMILES string of the molecule is C=CCc1cc(Oc2ccc(C)cc2)ccc1O. The van der Waals surface area contributed by atoms with Crippen LogP contribution in [-0.4, -0.2) is 5.11 Å². The Morgan fingerprint density at radius 1 is 1.11 bits per heavy atom. The van der Waals surface area contributed by atoms with E-state index in [0.29, 0.717) is 12.2 Å². The molecule has 0 aliphatic rings. The summed E-state index contributed by atoms with van der Waals surface area (Å²) in [6.45, 7) is 5.70. The van der Waals surface area contributed by atoms with Gasteiger partial charge in [-0.2, -0.15) is 0 Å². The smallest absolute Gasteiger partial charge is 0.127 e. The molecule has 0 spiro atoms. The summed E-state index contributed by atoms with van der Waals surface area (Å²) in [7, 11) is 0. The molecule has 2 nitrogen and oxygen atoms in total. The summed E-state index contributed by atoms with van der Waals surface area (Å²) in [6, 6.07) is 13.1. The van der Waals surface area contributed by atoms with E-state index in [-0.39, 0.29) is 5.75 Å². The van der Waals surface area contributed by atoms with Crippen LogP contribution in [0.5, 0.6) is 17.2 Å². The van der Waals surface area contributed by atoms with E-state index in [4.69, 9.17) is 4.74 Å². The zero-order chi connectivity index (χ0) is 13.0. The molecule has 18 heavy (non-hydrogen) atoms. The molecule has 1 N–H and O–H groups in total. The number of phenols is 1. The van der Waals surface area contributed by atoms with Crippen molar-refractivity contribution in [2.24, 2.45) is 0 Å². The molecule has 2 aromatic rings. The molecule has 0 saturated carbocycles. The fourth-order valence-corrected chi connectivity index (χ4v) is 1.69. The second kappa shape index (κ2) is 5.41. The van der Waals surface area contributed by atoms with Gasteiger partial charge in [-0.05, 0) is 43.7 Å². The third-order valence-corrected chi connectivity index (χ3v) is 2.67. The molecule has 0 fully saturated rings. The summed E-state index contributed by atoms with van der Waals surface area (Å²) < 4.78 is 5.73.